The summed E-state index contributed by atoms with van der Waals surface area (Å²) in [6.45, 7) is 6.14. The van der Waals surface area contributed by atoms with E-state index in [1.807, 2.05) is 63.2 Å². The lowest BCUT2D eigenvalue weighted by Gasteiger charge is -2.22. The highest BCUT2D eigenvalue weighted by atomic mass is 32.1. The summed E-state index contributed by atoms with van der Waals surface area (Å²) >= 11 is 5.31. The molecule has 0 aliphatic rings. The molecule has 0 amide bonds. The minimum absolute atomic E-state index is 0.110. The molecule has 0 bridgehead atoms. The zero-order valence-electron chi connectivity index (χ0n) is 13.9. The van der Waals surface area contributed by atoms with E-state index >= 15 is 0 Å². The lowest BCUT2D eigenvalue weighted by Crippen LogP contribution is -2.43. The first-order valence-electron chi connectivity index (χ1n) is 7.69. The van der Waals surface area contributed by atoms with Gasteiger partial charge in [-0.2, -0.15) is 0 Å². The van der Waals surface area contributed by atoms with Gasteiger partial charge in [-0.1, -0.05) is 30.3 Å². The molecule has 6 heteroatoms. The van der Waals surface area contributed by atoms with Crippen LogP contribution in [0, 0.1) is 0 Å². The minimum Gasteiger partial charge on any atom is -0.358 e. The van der Waals surface area contributed by atoms with Crippen molar-refractivity contribution in [2.45, 2.75) is 26.3 Å². The standard InChI is InChI=1S/C18H19N5S/c1-18(2,3)23-17(24)22-15-10-9-13-16(21-15)20-14(11-19-13)12-7-5-4-6-8-12/h4-11H,1-3H3,(H2,20,21,22,23,24). The van der Waals surface area contributed by atoms with Crippen molar-refractivity contribution >= 4 is 34.3 Å². The monoisotopic (exact) mass is 337 g/mol. The third-order valence-corrected chi connectivity index (χ3v) is 3.41. The highest BCUT2D eigenvalue weighted by Crippen LogP contribution is 2.19. The summed E-state index contributed by atoms with van der Waals surface area (Å²) in [6, 6.07) is 13.6. The number of benzene rings is 1. The predicted octanol–water partition coefficient (Wildman–Crippen LogP) is 3.78. The third kappa shape index (κ3) is 4.02. The number of rotatable bonds is 2. The van der Waals surface area contributed by atoms with E-state index in [4.69, 9.17) is 12.2 Å². The number of aromatic nitrogens is 3. The van der Waals surface area contributed by atoms with Crippen molar-refractivity contribution < 1.29 is 0 Å². The number of fused-ring (bicyclic) bond motifs is 1. The maximum absolute atomic E-state index is 5.31. The Morgan fingerprint density at radius 2 is 1.75 bits per heavy atom. The molecule has 0 spiro atoms. The maximum Gasteiger partial charge on any atom is 0.180 e. The van der Waals surface area contributed by atoms with Crippen molar-refractivity contribution in [3.8, 4) is 11.3 Å². The summed E-state index contributed by atoms with van der Waals surface area (Å²) in [7, 11) is 0. The minimum atomic E-state index is -0.110. The summed E-state index contributed by atoms with van der Waals surface area (Å²) in [5, 5.41) is 6.82. The second-order valence-electron chi connectivity index (χ2n) is 6.49. The normalized spacial score (nSPS) is 11.3. The van der Waals surface area contributed by atoms with Gasteiger partial charge in [-0.15, -0.1) is 0 Å². The molecule has 0 aliphatic heterocycles. The van der Waals surface area contributed by atoms with Gasteiger partial charge in [0.2, 0.25) is 0 Å². The largest absolute Gasteiger partial charge is 0.358 e. The molecule has 0 saturated heterocycles. The van der Waals surface area contributed by atoms with Crippen LogP contribution in [0.5, 0.6) is 0 Å². The smallest absolute Gasteiger partial charge is 0.180 e. The first-order chi connectivity index (χ1) is 11.4. The van der Waals surface area contributed by atoms with Gasteiger partial charge < -0.3 is 10.6 Å². The van der Waals surface area contributed by atoms with Gasteiger partial charge in [0.15, 0.2) is 10.8 Å². The SMILES string of the molecule is CC(C)(C)NC(=S)Nc1ccc2ncc(-c3ccccc3)nc2n1. The molecule has 0 atom stereocenters. The van der Waals surface area contributed by atoms with E-state index in [0.29, 0.717) is 16.6 Å². The van der Waals surface area contributed by atoms with Crippen LogP contribution in [-0.2, 0) is 0 Å². The molecule has 1 aromatic carbocycles. The Balaban J connectivity index is 1.88. The van der Waals surface area contributed by atoms with Crippen molar-refractivity contribution in [1.82, 2.24) is 20.3 Å². The molecule has 24 heavy (non-hydrogen) atoms. The van der Waals surface area contributed by atoms with Gasteiger partial charge in [-0.25, -0.2) is 9.97 Å². The van der Waals surface area contributed by atoms with Crippen LogP contribution in [0.1, 0.15) is 20.8 Å². The summed E-state index contributed by atoms with van der Waals surface area (Å²) in [5.41, 5.74) is 3.02. The highest BCUT2D eigenvalue weighted by Gasteiger charge is 2.12. The molecule has 2 heterocycles. The van der Waals surface area contributed by atoms with Crippen LogP contribution in [0.25, 0.3) is 22.4 Å². The Labute approximate surface area is 146 Å². The van der Waals surface area contributed by atoms with Gasteiger partial charge in [-0.3, -0.25) is 4.98 Å². The van der Waals surface area contributed by atoms with E-state index in [1.54, 1.807) is 6.20 Å². The highest BCUT2D eigenvalue weighted by molar-refractivity contribution is 7.80. The van der Waals surface area contributed by atoms with E-state index in [2.05, 4.69) is 25.6 Å². The molecule has 0 aliphatic carbocycles. The van der Waals surface area contributed by atoms with Gasteiger partial charge in [0, 0.05) is 11.1 Å². The van der Waals surface area contributed by atoms with Crippen molar-refractivity contribution in [3.63, 3.8) is 0 Å². The van der Waals surface area contributed by atoms with E-state index in [0.717, 1.165) is 16.8 Å². The van der Waals surface area contributed by atoms with Crippen molar-refractivity contribution in [2.75, 3.05) is 5.32 Å². The lowest BCUT2D eigenvalue weighted by atomic mass is 10.1. The molecule has 2 N–H and O–H groups in total. The topological polar surface area (TPSA) is 62.7 Å². The average Bonchev–Trinajstić information content (AvgIpc) is 2.53. The first-order valence-corrected chi connectivity index (χ1v) is 8.10. The Morgan fingerprint density at radius 1 is 1.00 bits per heavy atom. The molecule has 2 aromatic heterocycles. The maximum atomic E-state index is 5.31. The molecular formula is C18H19N5S. The van der Waals surface area contributed by atoms with E-state index < -0.39 is 0 Å². The predicted molar refractivity (Wildman–Crippen MR) is 102 cm³/mol. The zero-order valence-corrected chi connectivity index (χ0v) is 14.7. The van der Waals surface area contributed by atoms with Crippen LogP contribution in [0.4, 0.5) is 5.82 Å². The second kappa shape index (κ2) is 6.49. The molecule has 122 valence electrons. The molecule has 0 saturated carbocycles. The zero-order chi connectivity index (χ0) is 17.2. The summed E-state index contributed by atoms with van der Waals surface area (Å²) in [4.78, 5) is 13.6. The Hall–Kier alpha value is -2.60. The number of hydrogen-bond donors (Lipinski definition) is 2. The molecule has 3 aromatic rings. The quantitative estimate of drug-likeness (QED) is 0.694. The van der Waals surface area contributed by atoms with Gasteiger partial charge in [0.05, 0.1) is 11.9 Å². The summed E-state index contributed by atoms with van der Waals surface area (Å²) < 4.78 is 0. The fourth-order valence-corrected chi connectivity index (χ4v) is 2.61. The molecular weight excluding hydrogens is 318 g/mol. The van der Waals surface area contributed by atoms with Crippen molar-refractivity contribution in [3.05, 3.63) is 48.7 Å². The van der Waals surface area contributed by atoms with Crippen LogP contribution < -0.4 is 10.6 Å². The van der Waals surface area contributed by atoms with E-state index in [-0.39, 0.29) is 5.54 Å². The second-order valence-corrected chi connectivity index (χ2v) is 6.90. The summed E-state index contributed by atoms with van der Waals surface area (Å²) in [5.74, 6) is 0.642. The lowest BCUT2D eigenvalue weighted by molar-refractivity contribution is 0.515. The molecule has 0 radical (unpaired) electrons. The Bertz CT molecular complexity index is 871. The van der Waals surface area contributed by atoms with E-state index in [1.165, 1.54) is 0 Å². The van der Waals surface area contributed by atoms with Gasteiger partial charge in [0.25, 0.3) is 0 Å². The first kappa shape index (κ1) is 16.3. The number of hydrogen-bond acceptors (Lipinski definition) is 4. The fourth-order valence-electron chi connectivity index (χ4n) is 2.20. The van der Waals surface area contributed by atoms with Crippen LogP contribution >= 0.6 is 12.2 Å². The number of pyridine rings is 1. The Kier molecular flexibility index (Phi) is 4.40. The molecule has 3 rings (SSSR count). The molecule has 5 nitrogen and oxygen atoms in total. The van der Waals surface area contributed by atoms with Crippen LogP contribution in [0.3, 0.4) is 0 Å². The Morgan fingerprint density at radius 3 is 2.46 bits per heavy atom. The van der Waals surface area contributed by atoms with Crippen LogP contribution in [0.15, 0.2) is 48.7 Å². The number of anilines is 1. The van der Waals surface area contributed by atoms with Gasteiger partial charge >= 0.3 is 0 Å². The van der Waals surface area contributed by atoms with Crippen molar-refractivity contribution in [2.24, 2.45) is 0 Å². The van der Waals surface area contributed by atoms with E-state index in [9.17, 15) is 0 Å². The van der Waals surface area contributed by atoms with Crippen molar-refractivity contribution in [1.29, 1.82) is 0 Å². The average molecular weight is 337 g/mol. The third-order valence-electron chi connectivity index (χ3n) is 3.21. The molecule has 0 unspecified atom stereocenters. The van der Waals surface area contributed by atoms with Crippen LogP contribution in [0.2, 0.25) is 0 Å². The van der Waals surface area contributed by atoms with Crippen LogP contribution in [-0.4, -0.2) is 25.6 Å². The van der Waals surface area contributed by atoms with Gasteiger partial charge in [0.1, 0.15) is 11.3 Å². The van der Waals surface area contributed by atoms with Gasteiger partial charge in [-0.05, 0) is 45.1 Å². The fraction of sp³-hybridized carbons (Fsp3) is 0.222. The number of nitrogens with one attached hydrogen (secondary N) is 2. The molecule has 0 fully saturated rings. The summed E-state index contributed by atoms with van der Waals surface area (Å²) in [6.07, 6.45) is 1.76. The number of nitrogens with zero attached hydrogens (tertiary/aromatic N) is 3. The number of thiocarbonyl (C=S) groups is 1.